The summed E-state index contributed by atoms with van der Waals surface area (Å²) in [6.07, 6.45) is 0. The van der Waals surface area contributed by atoms with Crippen molar-refractivity contribution in [3.05, 3.63) is 51.3 Å². The second kappa shape index (κ2) is 5.55. The van der Waals surface area contributed by atoms with Crippen molar-refractivity contribution in [2.45, 2.75) is 13.8 Å². The van der Waals surface area contributed by atoms with Crippen LogP contribution in [0.1, 0.15) is 21.6 Å². The van der Waals surface area contributed by atoms with E-state index in [0.29, 0.717) is 16.3 Å². The normalized spacial score (nSPS) is 10.3. The van der Waals surface area contributed by atoms with Gasteiger partial charge in [0.05, 0.1) is 0 Å². The SMILES string of the molecule is Cc1cc(Cl)nc(NC(=O)c2ccc(Cl)c(C)c2)n1. The topological polar surface area (TPSA) is 54.9 Å². The van der Waals surface area contributed by atoms with E-state index >= 15 is 0 Å². The molecule has 0 fully saturated rings. The number of nitrogens with zero attached hydrogens (tertiary/aromatic N) is 2. The minimum Gasteiger partial charge on any atom is -0.290 e. The Labute approximate surface area is 120 Å². The summed E-state index contributed by atoms with van der Waals surface area (Å²) in [4.78, 5) is 20.0. The van der Waals surface area contributed by atoms with Crippen LogP contribution >= 0.6 is 23.2 Å². The van der Waals surface area contributed by atoms with Crippen molar-refractivity contribution < 1.29 is 4.79 Å². The van der Waals surface area contributed by atoms with Gasteiger partial charge in [-0.2, -0.15) is 0 Å². The molecule has 0 spiro atoms. The summed E-state index contributed by atoms with van der Waals surface area (Å²) in [6.45, 7) is 3.61. The highest BCUT2D eigenvalue weighted by atomic mass is 35.5. The van der Waals surface area contributed by atoms with E-state index in [1.54, 1.807) is 31.2 Å². The minimum atomic E-state index is -0.304. The lowest BCUT2D eigenvalue weighted by Gasteiger charge is -2.06. The molecule has 2 aromatic rings. The molecule has 0 unspecified atom stereocenters. The Bertz CT molecular complexity index is 624. The molecule has 1 N–H and O–H groups in total. The van der Waals surface area contributed by atoms with Crippen LogP contribution in [-0.2, 0) is 0 Å². The average molecular weight is 296 g/mol. The highest BCUT2D eigenvalue weighted by Crippen LogP contribution is 2.17. The first-order valence-corrected chi connectivity index (χ1v) is 6.30. The number of anilines is 1. The Morgan fingerprint density at radius 3 is 2.53 bits per heavy atom. The van der Waals surface area contributed by atoms with E-state index in [0.717, 1.165) is 5.56 Å². The van der Waals surface area contributed by atoms with Gasteiger partial charge in [-0.3, -0.25) is 10.1 Å². The average Bonchev–Trinajstić information content (AvgIpc) is 2.31. The van der Waals surface area contributed by atoms with Crippen molar-refractivity contribution in [3.8, 4) is 0 Å². The molecule has 19 heavy (non-hydrogen) atoms. The van der Waals surface area contributed by atoms with Gasteiger partial charge in [-0.25, -0.2) is 9.97 Å². The van der Waals surface area contributed by atoms with Crippen molar-refractivity contribution in [3.63, 3.8) is 0 Å². The Kier molecular flexibility index (Phi) is 4.02. The maximum absolute atomic E-state index is 12.0. The monoisotopic (exact) mass is 295 g/mol. The summed E-state index contributed by atoms with van der Waals surface area (Å²) < 4.78 is 0. The Morgan fingerprint density at radius 1 is 1.16 bits per heavy atom. The van der Waals surface area contributed by atoms with E-state index < -0.39 is 0 Å². The van der Waals surface area contributed by atoms with Crippen molar-refractivity contribution in [1.29, 1.82) is 0 Å². The second-order valence-corrected chi connectivity index (χ2v) is 4.87. The van der Waals surface area contributed by atoms with Gasteiger partial charge in [0.1, 0.15) is 5.15 Å². The second-order valence-electron chi connectivity index (χ2n) is 4.07. The van der Waals surface area contributed by atoms with Gasteiger partial charge in [0, 0.05) is 16.3 Å². The molecule has 0 atom stereocenters. The van der Waals surface area contributed by atoms with Crippen molar-refractivity contribution >= 4 is 35.1 Å². The lowest BCUT2D eigenvalue weighted by Crippen LogP contribution is -2.14. The highest BCUT2D eigenvalue weighted by Gasteiger charge is 2.10. The fourth-order valence-electron chi connectivity index (χ4n) is 1.55. The van der Waals surface area contributed by atoms with Crippen LogP contribution in [0.3, 0.4) is 0 Å². The van der Waals surface area contributed by atoms with Gasteiger partial charge in [0.15, 0.2) is 0 Å². The molecule has 2 rings (SSSR count). The number of halogens is 2. The van der Waals surface area contributed by atoms with Crippen LogP contribution in [0.15, 0.2) is 24.3 Å². The van der Waals surface area contributed by atoms with E-state index in [4.69, 9.17) is 23.2 Å². The van der Waals surface area contributed by atoms with Gasteiger partial charge in [-0.05, 0) is 43.7 Å². The quantitative estimate of drug-likeness (QED) is 0.861. The third-order valence-corrected chi connectivity index (χ3v) is 3.09. The van der Waals surface area contributed by atoms with E-state index in [1.165, 1.54) is 0 Å². The van der Waals surface area contributed by atoms with Crippen LogP contribution in [0, 0.1) is 13.8 Å². The Balaban J connectivity index is 2.22. The molecule has 6 heteroatoms. The smallest absolute Gasteiger partial charge is 0.258 e. The summed E-state index contributed by atoms with van der Waals surface area (Å²) in [6, 6.07) is 6.64. The molecule has 1 aromatic heterocycles. The zero-order valence-electron chi connectivity index (χ0n) is 10.4. The molecule has 4 nitrogen and oxygen atoms in total. The first kappa shape index (κ1) is 13.8. The zero-order valence-corrected chi connectivity index (χ0v) is 11.9. The summed E-state index contributed by atoms with van der Waals surface area (Å²) >= 11 is 11.7. The number of aryl methyl sites for hydroxylation is 2. The lowest BCUT2D eigenvalue weighted by molar-refractivity contribution is 0.102. The van der Waals surface area contributed by atoms with Crippen LogP contribution < -0.4 is 5.32 Å². The molecule has 1 amide bonds. The number of nitrogens with one attached hydrogen (secondary N) is 1. The van der Waals surface area contributed by atoms with Gasteiger partial charge in [0.25, 0.3) is 5.91 Å². The molecule has 0 aliphatic heterocycles. The fourth-order valence-corrected chi connectivity index (χ4v) is 1.90. The Hall–Kier alpha value is -1.65. The summed E-state index contributed by atoms with van der Waals surface area (Å²) in [5.41, 5.74) is 2.00. The van der Waals surface area contributed by atoms with Gasteiger partial charge in [0.2, 0.25) is 5.95 Å². The molecule has 1 heterocycles. The van der Waals surface area contributed by atoms with E-state index in [2.05, 4.69) is 15.3 Å². The van der Waals surface area contributed by atoms with Gasteiger partial charge >= 0.3 is 0 Å². The molecular weight excluding hydrogens is 285 g/mol. The molecule has 0 saturated heterocycles. The summed E-state index contributed by atoms with van der Waals surface area (Å²) in [5.74, 6) is -0.121. The number of hydrogen-bond acceptors (Lipinski definition) is 3. The van der Waals surface area contributed by atoms with Gasteiger partial charge in [-0.15, -0.1) is 0 Å². The number of amides is 1. The molecule has 0 radical (unpaired) electrons. The molecule has 0 aliphatic carbocycles. The zero-order chi connectivity index (χ0) is 14.0. The van der Waals surface area contributed by atoms with Crippen LogP contribution in [0.25, 0.3) is 0 Å². The third kappa shape index (κ3) is 3.43. The number of carbonyl (C=O) groups excluding carboxylic acids is 1. The number of carbonyl (C=O) groups is 1. The number of aromatic nitrogens is 2. The molecule has 0 aliphatic rings. The third-order valence-electron chi connectivity index (χ3n) is 2.47. The largest absolute Gasteiger partial charge is 0.290 e. The van der Waals surface area contributed by atoms with Gasteiger partial charge in [-0.1, -0.05) is 23.2 Å². The van der Waals surface area contributed by atoms with Crippen molar-refractivity contribution in [1.82, 2.24) is 9.97 Å². The maximum Gasteiger partial charge on any atom is 0.258 e. The molecule has 0 bridgehead atoms. The predicted molar refractivity (Wildman–Crippen MR) is 75.9 cm³/mol. The summed E-state index contributed by atoms with van der Waals surface area (Å²) in [5, 5.41) is 3.50. The Morgan fingerprint density at radius 2 is 1.89 bits per heavy atom. The standard InChI is InChI=1S/C13H11Cl2N3O/c1-7-5-9(3-4-10(7)14)12(19)18-13-16-8(2)6-11(15)17-13/h3-6H,1-2H3,(H,16,17,18,19). The first-order valence-electron chi connectivity index (χ1n) is 5.54. The van der Waals surface area contributed by atoms with Crippen LogP contribution in [0.4, 0.5) is 5.95 Å². The number of benzene rings is 1. The molecule has 1 aromatic carbocycles. The molecule has 98 valence electrons. The van der Waals surface area contributed by atoms with Crippen molar-refractivity contribution in [2.75, 3.05) is 5.32 Å². The van der Waals surface area contributed by atoms with Crippen molar-refractivity contribution in [2.24, 2.45) is 0 Å². The predicted octanol–water partition coefficient (Wildman–Crippen LogP) is 3.65. The summed E-state index contributed by atoms with van der Waals surface area (Å²) in [7, 11) is 0. The number of hydrogen-bond donors (Lipinski definition) is 1. The maximum atomic E-state index is 12.0. The van der Waals surface area contributed by atoms with Crippen LogP contribution in [-0.4, -0.2) is 15.9 Å². The van der Waals surface area contributed by atoms with Crippen LogP contribution in [0.5, 0.6) is 0 Å². The number of rotatable bonds is 2. The van der Waals surface area contributed by atoms with E-state index in [-0.39, 0.29) is 17.0 Å². The molecular formula is C13H11Cl2N3O. The van der Waals surface area contributed by atoms with E-state index in [9.17, 15) is 4.79 Å². The van der Waals surface area contributed by atoms with Gasteiger partial charge < -0.3 is 0 Å². The van der Waals surface area contributed by atoms with E-state index in [1.807, 2.05) is 6.92 Å². The minimum absolute atomic E-state index is 0.183. The lowest BCUT2D eigenvalue weighted by atomic mass is 10.1. The first-order chi connectivity index (χ1) is 8.95. The molecule has 0 saturated carbocycles. The van der Waals surface area contributed by atoms with Crippen LogP contribution in [0.2, 0.25) is 10.2 Å². The fraction of sp³-hybridized carbons (Fsp3) is 0.154. The highest BCUT2D eigenvalue weighted by molar-refractivity contribution is 6.31.